The molecule has 0 aliphatic carbocycles. The van der Waals surface area contributed by atoms with Gasteiger partial charge >= 0.3 is 5.97 Å². The number of anilines is 1. The second-order valence-corrected chi connectivity index (χ2v) is 6.63. The number of ether oxygens (including phenoxy) is 2. The number of benzene rings is 3. The Hall–Kier alpha value is -3.80. The molecule has 1 aliphatic rings. The largest absolute Gasteiger partial charge is 0.481 e. The molecule has 1 N–H and O–H groups in total. The SMILES string of the molecule is O=C(O)c1cccc(N2CC[C@H](Oc3ccc(Oc4ccccc4)cc3)C2=O)c1. The van der Waals surface area contributed by atoms with Gasteiger partial charge in [-0.2, -0.15) is 0 Å². The van der Waals surface area contributed by atoms with Gasteiger partial charge in [-0.15, -0.1) is 0 Å². The highest BCUT2D eigenvalue weighted by atomic mass is 16.5. The summed E-state index contributed by atoms with van der Waals surface area (Å²) in [5.41, 5.74) is 0.710. The summed E-state index contributed by atoms with van der Waals surface area (Å²) in [5.74, 6) is 0.783. The second kappa shape index (κ2) is 8.06. The van der Waals surface area contributed by atoms with Gasteiger partial charge in [0.15, 0.2) is 6.10 Å². The molecule has 3 aromatic carbocycles. The zero-order valence-corrected chi connectivity index (χ0v) is 15.5. The third-order valence-corrected chi connectivity index (χ3v) is 4.64. The molecule has 6 nitrogen and oxygen atoms in total. The summed E-state index contributed by atoms with van der Waals surface area (Å²) in [6.45, 7) is 0.474. The summed E-state index contributed by atoms with van der Waals surface area (Å²) in [5, 5.41) is 9.14. The zero-order chi connectivity index (χ0) is 20.2. The molecule has 3 aromatic rings. The number of rotatable bonds is 6. The number of aromatic carboxylic acids is 1. The minimum Gasteiger partial charge on any atom is -0.481 e. The van der Waals surface area contributed by atoms with Gasteiger partial charge in [0.05, 0.1) is 5.56 Å². The van der Waals surface area contributed by atoms with Gasteiger partial charge in [0.25, 0.3) is 5.91 Å². The molecule has 1 fully saturated rings. The first kappa shape index (κ1) is 18.6. The molecule has 1 atom stereocenters. The number of amides is 1. The number of hydrogen-bond donors (Lipinski definition) is 1. The molecule has 146 valence electrons. The molecule has 1 amide bonds. The van der Waals surface area contributed by atoms with Crippen molar-refractivity contribution in [3.63, 3.8) is 0 Å². The predicted molar refractivity (Wildman–Crippen MR) is 108 cm³/mol. The molecule has 0 saturated carbocycles. The van der Waals surface area contributed by atoms with E-state index in [0.29, 0.717) is 30.2 Å². The van der Waals surface area contributed by atoms with Crippen molar-refractivity contribution in [1.82, 2.24) is 0 Å². The predicted octanol–water partition coefficient (Wildman–Crippen LogP) is 4.36. The Balaban J connectivity index is 1.41. The van der Waals surface area contributed by atoms with E-state index in [-0.39, 0.29) is 11.5 Å². The highest BCUT2D eigenvalue weighted by Gasteiger charge is 2.34. The molecule has 1 heterocycles. The zero-order valence-electron chi connectivity index (χ0n) is 15.5. The third kappa shape index (κ3) is 4.21. The fourth-order valence-electron chi connectivity index (χ4n) is 3.20. The number of hydrogen-bond acceptors (Lipinski definition) is 4. The lowest BCUT2D eigenvalue weighted by atomic mass is 10.2. The van der Waals surface area contributed by atoms with Gasteiger partial charge in [0.2, 0.25) is 0 Å². The van der Waals surface area contributed by atoms with Crippen LogP contribution < -0.4 is 14.4 Å². The molecule has 6 heteroatoms. The molecule has 0 radical (unpaired) electrons. The van der Waals surface area contributed by atoms with E-state index in [2.05, 4.69) is 0 Å². The van der Waals surface area contributed by atoms with Crippen LogP contribution in [0.2, 0.25) is 0 Å². The quantitative estimate of drug-likeness (QED) is 0.678. The number of nitrogens with zero attached hydrogens (tertiary/aromatic N) is 1. The highest BCUT2D eigenvalue weighted by Crippen LogP contribution is 2.28. The lowest BCUT2D eigenvalue weighted by molar-refractivity contribution is -0.122. The van der Waals surface area contributed by atoms with Crippen LogP contribution >= 0.6 is 0 Å². The van der Waals surface area contributed by atoms with Crippen LogP contribution in [0.25, 0.3) is 0 Å². The Bertz CT molecular complexity index is 1020. The van der Waals surface area contributed by atoms with Crippen molar-refractivity contribution in [3.05, 3.63) is 84.4 Å². The topological polar surface area (TPSA) is 76.1 Å². The minimum absolute atomic E-state index is 0.147. The summed E-state index contributed by atoms with van der Waals surface area (Å²) < 4.78 is 11.6. The molecular formula is C23H19NO5. The smallest absolute Gasteiger partial charge is 0.335 e. The van der Waals surface area contributed by atoms with Crippen molar-refractivity contribution < 1.29 is 24.2 Å². The first-order valence-corrected chi connectivity index (χ1v) is 9.24. The average Bonchev–Trinajstić information content (AvgIpc) is 3.10. The summed E-state index contributed by atoms with van der Waals surface area (Å²) >= 11 is 0. The van der Waals surface area contributed by atoms with E-state index in [9.17, 15) is 9.59 Å². The van der Waals surface area contributed by atoms with Crippen molar-refractivity contribution in [2.75, 3.05) is 11.4 Å². The monoisotopic (exact) mass is 389 g/mol. The van der Waals surface area contributed by atoms with Gasteiger partial charge in [0.1, 0.15) is 17.2 Å². The Labute approximate surface area is 167 Å². The molecule has 0 spiro atoms. The summed E-state index contributed by atoms with van der Waals surface area (Å²) in [6, 6.07) is 22.9. The second-order valence-electron chi connectivity index (χ2n) is 6.63. The van der Waals surface area contributed by atoms with Gasteiger partial charge in [-0.05, 0) is 54.6 Å². The Morgan fingerprint density at radius 3 is 2.31 bits per heavy atom. The molecular weight excluding hydrogens is 370 g/mol. The van der Waals surface area contributed by atoms with Crippen LogP contribution in [0.4, 0.5) is 5.69 Å². The molecule has 1 aliphatic heterocycles. The molecule has 1 saturated heterocycles. The maximum absolute atomic E-state index is 12.7. The number of carbonyl (C=O) groups excluding carboxylic acids is 1. The van der Waals surface area contributed by atoms with Gasteiger partial charge in [-0.3, -0.25) is 4.79 Å². The summed E-state index contributed by atoms with van der Waals surface area (Å²) in [6.07, 6.45) is -0.0809. The van der Waals surface area contributed by atoms with E-state index in [4.69, 9.17) is 14.6 Å². The van der Waals surface area contributed by atoms with Crippen LogP contribution in [-0.2, 0) is 4.79 Å². The first-order chi connectivity index (χ1) is 14.1. The van der Waals surface area contributed by atoms with Crippen LogP contribution in [0.5, 0.6) is 17.2 Å². The van der Waals surface area contributed by atoms with Crippen LogP contribution in [-0.4, -0.2) is 29.6 Å². The van der Waals surface area contributed by atoms with Gasteiger partial charge < -0.3 is 19.5 Å². The van der Waals surface area contributed by atoms with Crippen LogP contribution in [0.3, 0.4) is 0 Å². The van der Waals surface area contributed by atoms with Crippen molar-refractivity contribution >= 4 is 17.6 Å². The van der Waals surface area contributed by atoms with Crippen LogP contribution in [0, 0.1) is 0 Å². The van der Waals surface area contributed by atoms with E-state index in [1.807, 2.05) is 30.3 Å². The summed E-state index contributed by atoms with van der Waals surface area (Å²) in [7, 11) is 0. The Morgan fingerprint density at radius 2 is 1.59 bits per heavy atom. The number of para-hydroxylation sites is 1. The van der Waals surface area contributed by atoms with Crippen molar-refractivity contribution in [1.29, 1.82) is 0 Å². The Morgan fingerprint density at radius 1 is 0.897 bits per heavy atom. The van der Waals surface area contributed by atoms with Gasteiger partial charge in [-0.1, -0.05) is 24.3 Å². The lowest BCUT2D eigenvalue weighted by Gasteiger charge is -2.18. The Kier molecular flexibility index (Phi) is 5.16. The highest BCUT2D eigenvalue weighted by molar-refractivity contribution is 6.00. The van der Waals surface area contributed by atoms with E-state index in [1.54, 1.807) is 41.3 Å². The van der Waals surface area contributed by atoms with E-state index >= 15 is 0 Å². The van der Waals surface area contributed by atoms with E-state index in [0.717, 1.165) is 5.75 Å². The van der Waals surface area contributed by atoms with E-state index in [1.165, 1.54) is 12.1 Å². The normalized spacial score (nSPS) is 15.9. The van der Waals surface area contributed by atoms with E-state index < -0.39 is 12.1 Å². The fourth-order valence-corrected chi connectivity index (χ4v) is 3.20. The lowest BCUT2D eigenvalue weighted by Crippen LogP contribution is -2.32. The van der Waals surface area contributed by atoms with Gasteiger partial charge in [-0.25, -0.2) is 4.79 Å². The molecule has 0 bridgehead atoms. The third-order valence-electron chi connectivity index (χ3n) is 4.64. The van der Waals surface area contributed by atoms with Gasteiger partial charge in [0, 0.05) is 18.7 Å². The van der Waals surface area contributed by atoms with Crippen molar-refractivity contribution in [2.45, 2.75) is 12.5 Å². The molecule has 4 rings (SSSR count). The average molecular weight is 389 g/mol. The van der Waals surface area contributed by atoms with Crippen LogP contribution in [0.15, 0.2) is 78.9 Å². The first-order valence-electron chi connectivity index (χ1n) is 9.24. The molecule has 29 heavy (non-hydrogen) atoms. The molecule has 0 unspecified atom stereocenters. The van der Waals surface area contributed by atoms with Crippen LogP contribution in [0.1, 0.15) is 16.8 Å². The maximum atomic E-state index is 12.7. The fraction of sp³-hybridized carbons (Fsp3) is 0.130. The van der Waals surface area contributed by atoms with Crippen molar-refractivity contribution in [3.8, 4) is 17.2 Å². The number of carboxylic acid groups (broad SMARTS) is 1. The molecule has 0 aromatic heterocycles. The number of carboxylic acids is 1. The standard InChI is InChI=1S/C23H19NO5/c25-22-21(13-14-24(22)17-6-4-5-16(15-17)23(26)27)29-20-11-9-19(10-12-20)28-18-7-2-1-3-8-18/h1-12,15,21H,13-14H2,(H,26,27)/t21-/m0/s1. The maximum Gasteiger partial charge on any atom is 0.335 e. The number of carbonyl (C=O) groups is 2. The van der Waals surface area contributed by atoms with Crippen molar-refractivity contribution in [2.24, 2.45) is 0 Å². The summed E-state index contributed by atoms with van der Waals surface area (Å²) in [4.78, 5) is 25.4. The minimum atomic E-state index is -1.02.